The highest BCUT2D eigenvalue weighted by Crippen LogP contribution is 2.45. The summed E-state index contributed by atoms with van der Waals surface area (Å²) < 4.78 is 38.0. The Bertz CT molecular complexity index is 841. The lowest BCUT2D eigenvalue weighted by Gasteiger charge is -2.43. The molecule has 2 aliphatic rings. The molecule has 0 aromatic heterocycles. The third-order valence-corrected chi connectivity index (χ3v) is 6.36. The SMILES string of the molecule is CC#Cc1cc(C)c(C2C(=O)CC3(CC[NH+](CC(F)(F)F)CC3)CC2=O)c(C)c1. The summed E-state index contributed by atoms with van der Waals surface area (Å²) in [5, 5.41) is 0. The number of piperidine rings is 1. The van der Waals surface area contributed by atoms with Crippen LogP contribution in [0.3, 0.4) is 0 Å². The van der Waals surface area contributed by atoms with Crippen LogP contribution in [0.5, 0.6) is 0 Å². The van der Waals surface area contributed by atoms with Crippen LogP contribution in [-0.2, 0) is 9.59 Å². The predicted octanol–water partition coefficient (Wildman–Crippen LogP) is 2.92. The van der Waals surface area contributed by atoms with Gasteiger partial charge >= 0.3 is 6.18 Å². The Morgan fingerprint density at radius 2 is 1.59 bits per heavy atom. The number of likely N-dealkylation sites (tertiary alicyclic amines) is 1. The third kappa shape index (κ3) is 4.72. The molecule has 1 N–H and O–H groups in total. The fourth-order valence-electron chi connectivity index (χ4n) is 5.10. The standard InChI is InChI=1S/C23H26F3NO2/c1-4-5-17-10-15(2)20(16(3)11-17)21-18(28)12-22(13-19(21)29)6-8-27(9-7-22)14-23(24,25)26/h10-11,21H,6-9,12-14H2,1-3H3/p+1. The average molecular weight is 406 g/mol. The minimum Gasteiger partial charge on any atom is -0.327 e. The summed E-state index contributed by atoms with van der Waals surface area (Å²) in [5.41, 5.74) is 2.94. The number of carbonyl (C=O) groups excluding carboxylic acids is 2. The quantitative estimate of drug-likeness (QED) is 0.606. The number of benzene rings is 1. The number of carbonyl (C=O) groups is 2. The molecule has 1 aromatic carbocycles. The normalized spacial score (nSPS) is 27.7. The van der Waals surface area contributed by atoms with Gasteiger partial charge in [-0.2, -0.15) is 13.2 Å². The first kappa shape index (κ1) is 21.6. The fourth-order valence-corrected chi connectivity index (χ4v) is 5.10. The molecular weight excluding hydrogens is 379 g/mol. The van der Waals surface area contributed by atoms with Gasteiger partial charge < -0.3 is 4.90 Å². The number of ketones is 2. The van der Waals surface area contributed by atoms with Crippen LogP contribution in [0.25, 0.3) is 0 Å². The van der Waals surface area contributed by atoms with Gasteiger partial charge in [0.2, 0.25) is 0 Å². The molecule has 0 amide bonds. The Labute approximate surface area is 169 Å². The van der Waals surface area contributed by atoms with Gasteiger partial charge in [0.05, 0.1) is 13.1 Å². The number of halogens is 3. The Morgan fingerprint density at radius 3 is 2.03 bits per heavy atom. The van der Waals surface area contributed by atoms with Crippen molar-refractivity contribution in [3.8, 4) is 11.8 Å². The predicted molar refractivity (Wildman–Crippen MR) is 104 cm³/mol. The molecule has 156 valence electrons. The highest BCUT2D eigenvalue weighted by atomic mass is 19.4. The zero-order valence-electron chi connectivity index (χ0n) is 17.1. The molecular formula is C23H27F3NO2+. The van der Waals surface area contributed by atoms with E-state index in [1.54, 1.807) is 6.92 Å². The molecule has 1 aliphatic heterocycles. The van der Waals surface area contributed by atoms with E-state index < -0.39 is 24.1 Å². The molecule has 1 heterocycles. The summed E-state index contributed by atoms with van der Waals surface area (Å²) >= 11 is 0. The largest absolute Gasteiger partial charge is 0.438 e. The van der Waals surface area contributed by atoms with Crippen LogP contribution in [0, 0.1) is 31.1 Å². The van der Waals surface area contributed by atoms with Crippen LogP contribution in [0.1, 0.15) is 60.8 Å². The fraction of sp³-hybridized carbons (Fsp3) is 0.565. The number of hydrogen-bond donors (Lipinski definition) is 1. The van der Waals surface area contributed by atoms with Crippen molar-refractivity contribution in [2.45, 2.75) is 58.5 Å². The third-order valence-electron chi connectivity index (χ3n) is 6.36. The molecule has 1 saturated heterocycles. The van der Waals surface area contributed by atoms with Gasteiger partial charge in [0.15, 0.2) is 6.54 Å². The number of quaternary nitrogens is 1. The monoisotopic (exact) mass is 406 g/mol. The summed E-state index contributed by atoms with van der Waals surface area (Å²) in [7, 11) is 0. The summed E-state index contributed by atoms with van der Waals surface area (Å²) in [6.07, 6.45) is -2.65. The molecule has 0 radical (unpaired) electrons. The van der Waals surface area contributed by atoms with Crippen LogP contribution in [-0.4, -0.2) is 37.4 Å². The van der Waals surface area contributed by atoms with E-state index in [-0.39, 0.29) is 24.4 Å². The van der Waals surface area contributed by atoms with Crippen molar-refractivity contribution in [1.29, 1.82) is 0 Å². The number of alkyl halides is 3. The lowest BCUT2D eigenvalue weighted by atomic mass is 9.62. The molecule has 3 nitrogen and oxygen atoms in total. The Hall–Kier alpha value is -2.13. The van der Waals surface area contributed by atoms with Crippen molar-refractivity contribution in [3.63, 3.8) is 0 Å². The van der Waals surface area contributed by atoms with E-state index in [2.05, 4.69) is 11.8 Å². The molecule has 1 aromatic rings. The van der Waals surface area contributed by atoms with Crippen LogP contribution >= 0.6 is 0 Å². The molecule has 0 bridgehead atoms. The van der Waals surface area contributed by atoms with Gasteiger partial charge in [-0.05, 0) is 55.0 Å². The molecule has 1 saturated carbocycles. The zero-order valence-corrected chi connectivity index (χ0v) is 17.1. The van der Waals surface area contributed by atoms with Crippen molar-refractivity contribution >= 4 is 11.6 Å². The van der Waals surface area contributed by atoms with Crippen LogP contribution in [0.15, 0.2) is 12.1 Å². The van der Waals surface area contributed by atoms with E-state index >= 15 is 0 Å². The summed E-state index contributed by atoms with van der Waals surface area (Å²) in [6.45, 7) is 5.41. The maximum absolute atomic E-state index is 13.1. The van der Waals surface area contributed by atoms with Crippen LogP contribution < -0.4 is 4.90 Å². The van der Waals surface area contributed by atoms with Crippen molar-refractivity contribution < 1.29 is 27.7 Å². The topological polar surface area (TPSA) is 38.6 Å². The first-order valence-electron chi connectivity index (χ1n) is 10.0. The number of aryl methyl sites for hydroxylation is 2. The van der Waals surface area contributed by atoms with E-state index in [4.69, 9.17) is 0 Å². The van der Waals surface area contributed by atoms with Crippen molar-refractivity contribution in [1.82, 2.24) is 0 Å². The second kappa shape index (κ2) is 7.95. The van der Waals surface area contributed by atoms with Crippen molar-refractivity contribution in [2.24, 2.45) is 5.41 Å². The van der Waals surface area contributed by atoms with Crippen LogP contribution in [0.4, 0.5) is 13.2 Å². The number of Topliss-reactive ketones (excluding diaryl/α,β-unsaturated/α-hetero) is 2. The minimum atomic E-state index is -4.19. The average Bonchev–Trinajstić information content (AvgIpc) is 2.58. The maximum atomic E-state index is 13.1. The van der Waals surface area contributed by atoms with E-state index in [0.717, 1.165) is 22.3 Å². The molecule has 3 rings (SSSR count). The van der Waals surface area contributed by atoms with Gasteiger partial charge in [0.1, 0.15) is 17.5 Å². The molecule has 1 spiro atoms. The first-order valence-corrected chi connectivity index (χ1v) is 10.0. The van der Waals surface area contributed by atoms with Gasteiger partial charge in [-0.3, -0.25) is 9.59 Å². The zero-order chi connectivity index (χ0) is 21.4. The van der Waals surface area contributed by atoms with Gasteiger partial charge in [-0.1, -0.05) is 5.92 Å². The van der Waals surface area contributed by atoms with Gasteiger partial charge in [0.25, 0.3) is 0 Å². The number of rotatable bonds is 2. The van der Waals surface area contributed by atoms with Crippen molar-refractivity contribution in [2.75, 3.05) is 19.6 Å². The van der Waals surface area contributed by atoms with Gasteiger partial charge in [0, 0.05) is 31.2 Å². The Kier molecular flexibility index (Phi) is 5.91. The Balaban J connectivity index is 1.77. The second-order valence-electron chi connectivity index (χ2n) is 8.66. The summed E-state index contributed by atoms with van der Waals surface area (Å²) in [6, 6.07) is 3.81. The molecule has 2 fully saturated rings. The van der Waals surface area contributed by atoms with Gasteiger partial charge in [-0.25, -0.2) is 0 Å². The van der Waals surface area contributed by atoms with Crippen molar-refractivity contribution in [3.05, 3.63) is 34.4 Å². The van der Waals surface area contributed by atoms with E-state index in [9.17, 15) is 22.8 Å². The molecule has 1 aliphatic carbocycles. The lowest BCUT2D eigenvalue weighted by molar-refractivity contribution is -0.917. The van der Waals surface area contributed by atoms with Crippen LogP contribution in [0.2, 0.25) is 0 Å². The molecule has 0 unspecified atom stereocenters. The summed E-state index contributed by atoms with van der Waals surface area (Å²) in [4.78, 5) is 26.6. The second-order valence-corrected chi connectivity index (χ2v) is 8.66. The Morgan fingerprint density at radius 1 is 1.07 bits per heavy atom. The van der Waals surface area contributed by atoms with E-state index in [1.165, 1.54) is 0 Å². The lowest BCUT2D eigenvalue weighted by Crippen LogP contribution is -3.14. The molecule has 6 heteroatoms. The first-order chi connectivity index (χ1) is 13.5. The smallest absolute Gasteiger partial charge is 0.327 e. The minimum absolute atomic E-state index is 0.0963. The van der Waals surface area contributed by atoms with E-state index in [0.29, 0.717) is 30.8 Å². The molecule has 0 atom stereocenters. The number of hydrogen-bond acceptors (Lipinski definition) is 2. The number of nitrogens with one attached hydrogen (secondary N) is 1. The van der Waals surface area contributed by atoms with E-state index in [1.807, 2.05) is 26.0 Å². The maximum Gasteiger partial charge on any atom is 0.438 e. The molecule has 29 heavy (non-hydrogen) atoms. The highest BCUT2D eigenvalue weighted by molar-refractivity contribution is 6.10. The van der Waals surface area contributed by atoms with Gasteiger partial charge in [-0.15, -0.1) is 5.92 Å². The highest BCUT2D eigenvalue weighted by Gasteiger charge is 2.49. The summed E-state index contributed by atoms with van der Waals surface area (Å²) in [5.74, 6) is 4.91.